The standard InChI is InChI=1S/C25H25N5O4S/c1-15-16(2)28-30(17(15)3)24-14-25(27-18(4)26-24)34-21-7-5-20(6-8-21)29-35(31,32)22-9-10-23-19(13-22)11-12-33-23/h5-10,13-14,29H,11-12H2,1-4H3. The average Bonchev–Trinajstić information content (AvgIpc) is 3.39. The normalized spacial score (nSPS) is 12.8. The zero-order valence-corrected chi connectivity index (χ0v) is 20.7. The lowest BCUT2D eigenvalue weighted by Gasteiger charge is -2.11. The maximum absolute atomic E-state index is 12.8. The Hall–Kier alpha value is -3.92. The molecule has 1 aliphatic rings. The number of hydrogen-bond donors (Lipinski definition) is 1. The van der Waals surface area contributed by atoms with E-state index in [9.17, 15) is 8.42 Å². The summed E-state index contributed by atoms with van der Waals surface area (Å²) >= 11 is 0. The summed E-state index contributed by atoms with van der Waals surface area (Å²) in [6, 6.07) is 13.3. The van der Waals surface area contributed by atoms with Gasteiger partial charge in [-0.3, -0.25) is 4.72 Å². The first-order valence-corrected chi connectivity index (χ1v) is 12.6. The van der Waals surface area contributed by atoms with Gasteiger partial charge in [0.05, 0.1) is 17.2 Å². The number of sulfonamides is 1. The summed E-state index contributed by atoms with van der Waals surface area (Å²) in [5.41, 5.74) is 4.36. The topological polar surface area (TPSA) is 108 Å². The average molecular weight is 492 g/mol. The van der Waals surface area contributed by atoms with Gasteiger partial charge < -0.3 is 9.47 Å². The molecule has 180 valence electrons. The fourth-order valence-corrected chi connectivity index (χ4v) is 4.99. The fraction of sp³-hybridized carbons (Fsp3) is 0.240. The minimum absolute atomic E-state index is 0.199. The van der Waals surface area contributed by atoms with E-state index in [0.29, 0.717) is 42.0 Å². The van der Waals surface area contributed by atoms with Crippen LogP contribution in [0.25, 0.3) is 5.82 Å². The predicted octanol–water partition coefficient (Wildman–Crippen LogP) is 4.42. The molecule has 0 atom stereocenters. The van der Waals surface area contributed by atoms with Crippen LogP contribution in [0.5, 0.6) is 17.4 Å². The van der Waals surface area contributed by atoms with Crippen molar-refractivity contribution in [1.82, 2.24) is 19.7 Å². The molecule has 2 aromatic carbocycles. The molecule has 3 heterocycles. The Labute approximate surface area is 203 Å². The van der Waals surface area contributed by atoms with Crippen molar-refractivity contribution in [2.75, 3.05) is 11.3 Å². The zero-order valence-electron chi connectivity index (χ0n) is 19.9. The van der Waals surface area contributed by atoms with Gasteiger partial charge in [0.25, 0.3) is 10.0 Å². The van der Waals surface area contributed by atoms with E-state index in [0.717, 1.165) is 28.3 Å². The Balaban J connectivity index is 1.33. The molecule has 9 nitrogen and oxygen atoms in total. The summed E-state index contributed by atoms with van der Waals surface area (Å²) < 4.78 is 41.4. The number of rotatable bonds is 6. The summed E-state index contributed by atoms with van der Waals surface area (Å²) in [4.78, 5) is 9.06. The maximum Gasteiger partial charge on any atom is 0.261 e. The van der Waals surface area contributed by atoms with Crippen LogP contribution in [0.1, 0.15) is 28.3 Å². The molecule has 2 aromatic heterocycles. The van der Waals surface area contributed by atoms with Crippen molar-refractivity contribution in [3.8, 4) is 23.2 Å². The molecular weight excluding hydrogens is 466 g/mol. The van der Waals surface area contributed by atoms with Gasteiger partial charge in [-0.25, -0.2) is 18.1 Å². The Morgan fingerprint density at radius 1 is 1.00 bits per heavy atom. The van der Waals surface area contributed by atoms with Gasteiger partial charge in [-0.1, -0.05) is 0 Å². The van der Waals surface area contributed by atoms with Crippen molar-refractivity contribution in [2.24, 2.45) is 0 Å². The molecule has 0 amide bonds. The van der Waals surface area contributed by atoms with E-state index in [1.807, 2.05) is 20.8 Å². The summed E-state index contributed by atoms with van der Waals surface area (Å²) in [5, 5.41) is 4.56. The molecule has 1 aliphatic heterocycles. The molecule has 35 heavy (non-hydrogen) atoms. The molecule has 0 unspecified atom stereocenters. The van der Waals surface area contributed by atoms with Crippen LogP contribution in [0.4, 0.5) is 5.69 Å². The highest BCUT2D eigenvalue weighted by molar-refractivity contribution is 7.92. The Morgan fingerprint density at radius 2 is 1.77 bits per heavy atom. The van der Waals surface area contributed by atoms with E-state index in [2.05, 4.69) is 19.8 Å². The number of aryl methyl sites for hydroxylation is 2. The second-order valence-electron chi connectivity index (χ2n) is 8.42. The van der Waals surface area contributed by atoms with E-state index in [-0.39, 0.29) is 4.90 Å². The minimum Gasteiger partial charge on any atom is -0.493 e. The lowest BCUT2D eigenvalue weighted by atomic mass is 10.2. The number of ether oxygens (including phenoxy) is 2. The first-order chi connectivity index (χ1) is 16.7. The number of hydrogen-bond acceptors (Lipinski definition) is 7. The number of nitrogens with one attached hydrogen (secondary N) is 1. The Kier molecular flexibility index (Phi) is 5.68. The lowest BCUT2D eigenvalue weighted by Crippen LogP contribution is -2.13. The summed E-state index contributed by atoms with van der Waals surface area (Å²) in [6.45, 7) is 8.33. The van der Waals surface area contributed by atoms with E-state index in [1.54, 1.807) is 60.1 Å². The van der Waals surface area contributed by atoms with Crippen molar-refractivity contribution < 1.29 is 17.9 Å². The van der Waals surface area contributed by atoms with E-state index < -0.39 is 10.0 Å². The van der Waals surface area contributed by atoms with Crippen LogP contribution in [0, 0.1) is 27.7 Å². The molecule has 0 bridgehead atoms. The van der Waals surface area contributed by atoms with Gasteiger partial charge in [0.2, 0.25) is 5.88 Å². The van der Waals surface area contributed by atoms with Crippen molar-refractivity contribution in [3.63, 3.8) is 0 Å². The lowest BCUT2D eigenvalue weighted by molar-refractivity contribution is 0.356. The largest absolute Gasteiger partial charge is 0.493 e. The molecule has 0 aliphatic carbocycles. The number of aromatic nitrogens is 4. The van der Waals surface area contributed by atoms with Crippen LogP contribution in [0.15, 0.2) is 53.4 Å². The molecule has 5 rings (SSSR count). The first-order valence-electron chi connectivity index (χ1n) is 11.1. The molecule has 0 radical (unpaired) electrons. The number of anilines is 1. The molecule has 0 spiro atoms. The van der Waals surface area contributed by atoms with Gasteiger partial charge in [0, 0.05) is 23.9 Å². The van der Waals surface area contributed by atoms with Crippen LogP contribution >= 0.6 is 0 Å². The van der Waals surface area contributed by atoms with Crippen LogP contribution in [-0.4, -0.2) is 34.8 Å². The van der Waals surface area contributed by atoms with Gasteiger partial charge >= 0.3 is 0 Å². The van der Waals surface area contributed by atoms with Gasteiger partial charge in [-0.05, 0) is 81.3 Å². The monoisotopic (exact) mass is 491 g/mol. The van der Waals surface area contributed by atoms with E-state index in [1.165, 1.54) is 0 Å². The highest BCUT2D eigenvalue weighted by Crippen LogP contribution is 2.29. The van der Waals surface area contributed by atoms with Gasteiger partial charge in [0.1, 0.15) is 17.3 Å². The Bertz CT molecular complexity index is 1530. The smallest absolute Gasteiger partial charge is 0.261 e. The zero-order chi connectivity index (χ0) is 24.7. The summed E-state index contributed by atoms with van der Waals surface area (Å²) in [7, 11) is -3.73. The number of nitrogens with zero attached hydrogens (tertiary/aromatic N) is 4. The van der Waals surface area contributed by atoms with Crippen LogP contribution < -0.4 is 14.2 Å². The van der Waals surface area contributed by atoms with Gasteiger partial charge in [-0.2, -0.15) is 10.1 Å². The van der Waals surface area contributed by atoms with Crippen molar-refractivity contribution in [1.29, 1.82) is 0 Å². The third-order valence-corrected chi connectivity index (χ3v) is 7.35. The molecule has 0 saturated carbocycles. The second-order valence-corrected chi connectivity index (χ2v) is 10.1. The SMILES string of the molecule is Cc1nc(Oc2ccc(NS(=O)(=O)c3ccc4c(c3)CCO4)cc2)cc(-n2nc(C)c(C)c2C)n1. The predicted molar refractivity (Wildman–Crippen MR) is 131 cm³/mol. The number of fused-ring (bicyclic) bond motifs is 1. The first kappa shape index (κ1) is 22.9. The third kappa shape index (κ3) is 4.57. The molecule has 10 heteroatoms. The molecule has 4 aromatic rings. The maximum atomic E-state index is 12.8. The van der Waals surface area contributed by atoms with Crippen LogP contribution in [-0.2, 0) is 16.4 Å². The minimum atomic E-state index is -3.73. The van der Waals surface area contributed by atoms with E-state index in [4.69, 9.17) is 9.47 Å². The number of benzene rings is 2. The summed E-state index contributed by atoms with van der Waals surface area (Å²) in [6.07, 6.45) is 0.703. The third-order valence-electron chi connectivity index (χ3n) is 5.97. The van der Waals surface area contributed by atoms with Crippen molar-refractivity contribution >= 4 is 15.7 Å². The Morgan fingerprint density at radius 3 is 2.49 bits per heavy atom. The second kappa shape index (κ2) is 8.70. The quantitative estimate of drug-likeness (QED) is 0.425. The van der Waals surface area contributed by atoms with Crippen LogP contribution in [0.2, 0.25) is 0 Å². The van der Waals surface area contributed by atoms with Crippen LogP contribution in [0.3, 0.4) is 0 Å². The summed E-state index contributed by atoms with van der Waals surface area (Å²) in [5.74, 6) is 2.78. The molecular formula is C25H25N5O4S. The molecule has 1 N–H and O–H groups in total. The highest BCUT2D eigenvalue weighted by atomic mass is 32.2. The van der Waals surface area contributed by atoms with Gasteiger partial charge in [-0.15, -0.1) is 0 Å². The molecule has 0 saturated heterocycles. The van der Waals surface area contributed by atoms with Gasteiger partial charge in [0.15, 0.2) is 5.82 Å². The highest BCUT2D eigenvalue weighted by Gasteiger charge is 2.19. The van der Waals surface area contributed by atoms with E-state index >= 15 is 0 Å². The fourth-order valence-electron chi connectivity index (χ4n) is 3.89. The molecule has 0 fully saturated rings. The van der Waals surface area contributed by atoms with Crippen molar-refractivity contribution in [3.05, 3.63) is 76.9 Å². The van der Waals surface area contributed by atoms with Crippen molar-refractivity contribution in [2.45, 2.75) is 39.0 Å².